The number of carbonyl (C=O) groups excluding carboxylic acids is 2. The molecule has 0 bridgehead atoms. The Hall–Kier alpha value is -2.04. The predicted octanol–water partition coefficient (Wildman–Crippen LogP) is 2.90. The number of ether oxygens (including phenoxy) is 1. The van der Waals surface area contributed by atoms with Crippen LogP contribution in [0.5, 0.6) is 5.75 Å². The summed E-state index contributed by atoms with van der Waals surface area (Å²) in [6, 6.07) is 3.92. The van der Waals surface area contributed by atoms with Crippen molar-refractivity contribution in [3.8, 4) is 5.75 Å². The van der Waals surface area contributed by atoms with Crippen LogP contribution in [0.2, 0.25) is 0 Å². The van der Waals surface area contributed by atoms with Crippen LogP contribution >= 0.6 is 23.5 Å². The van der Waals surface area contributed by atoms with Gasteiger partial charge in [0.25, 0.3) is 5.91 Å². The first-order valence-corrected chi connectivity index (χ1v) is 10.9. The molecular weight excluding hydrogens is 403 g/mol. The van der Waals surface area contributed by atoms with Gasteiger partial charge >= 0.3 is 6.09 Å². The second kappa shape index (κ2) is 8.54. The van der Waals surface area contributed by atoms with Crippen molar-refractivity contribution < 1.29 is 18.7 Å². The highest BCUT2D eigenvalue weighted by Gasteiger charge is 2.28. The number of hydrazine groups is 1. The minimum atomic E-state index is -0.518. The summed E-state index contributed by atoms with van der Waals surface area (Å²) in [6.45, 7) is 2.24. The van der Waals surface area contributed by atoms with Gasteiger partial charge in [0.1, 0.15) is 11.6 Å². The first kappa shape index (κ1) is 19.3. The van der Waals surface area contributed by atoms with Crippen molar-refractivity contribution in [3.05, 3.63) is 34.5 Å². The fraction of sp³-hybridized carbons (Fsp3) is 0.389. The molecule has 0 aromatic heterocycles. The van der Waals surface area contributed by atoms with E-state index in [2.05, 4.69) is 10.4 Å². The van der Waals surface area contributed by atoms with E-state index < -0.39 is 11.9 Å². The lowest BCUT2D eigenvalue weighted by Gasteiger charge is -2.28. The minimum absolute atomic E-state index is 0.0901. The number of benzene rings is 1. The molecule has 1 aromatic carbocycles. The molecule has 7 nitrogen and oxygen atoms in total. The summed E-state index contributed by atoms with van der Waals surface area (Å²) in [5.74, 6) is 0.627. The first-order valence-electron chi connectivity index (χ1n) is 8.98. The van der Waals surface area contributed by atoms with E-state index in [-0.39, 0.29) is 11.7 Å². The largest absolute Gasteiger partial charge is 0.415 e. The summed E-state index contributed by atoms with van der Waals surface area (Å²) in [4.78, 5) is 30.7. The molecule has 2 saturated heterocycles. The van der Waals surface area contributed by atoms with Gasteiger partial charge in [0.15, 0.2) is 5.17 Å². The van der Waals surface area contributed by atoms with E-state index in [1.807, 2.05) is 5.01 Å². The Labute approximate surface area is 170 Å². The summed E-state index contributed by atoms with van der Waals surface area (Å²) in [6.07, 6.45) is 3.20. The molecule has 0 atom stereocenters. The molecule has 1 N–H and O–H groups in total. The third-order valence-corrected chi connectivity index (χ3v) is 6.39. The molecule has 0 radical (unpaired) electrons. The van der Waals surface area contributed by atoms with E-state index in [4.69, 9.17) is 4.74 Å². The Morgan fingerprint density at radius 1 is 1.32 bits per heavy atom. The zero-order valence-electron chi connectivity index (χ0n) is 15.0. The number of nitrogens with zero attached hydrogens (tertiary/aromatic N) is 3. The molecule has 0 aliphatic carbocycles. The fourth-order valence-electron chi connectivity index (χ4n) is 2.94. The number of nitrogens with one attached hydrogen (secondary N) is 1. The van der Waals surface area contributed by atoms with Crippen LogP contribution in [-0.4, -0.2) is 58.3 Å². The molecule has 2 fully saturated rings. The average molecular weight is 423 g/mol. The topological polar surface area (TPSA) is 74.2 Å². The molecule has 1 aromatic rings. The Kier molecular flexibility index (Phi) is 5.88. The van der Waals surface area contributed by atoms with Crippen LogP contribution in [-0.2, 0) is 4.79 Å². The standard InChI is InChI=1S/C18H19FN4O3S2/c19-13-4-3-12(14(10-13)26-18(25)22-7-8-27-11-22)9-15-16(24)21-17(28-15)23-6-2-1-5-20-23/h3-4,9-10,20H,1-2,5-8,11H2. The number of carbonyl (C=O) groups is 2. The molecule has 0 saturated carbocycles. The molecule has 3 aliphatic heterocycles. The van der Waals surface area contributed by atoms with Crippen LogP contribution in [0.15, 0.2) is 28.1 Å². The van der Waals surface area contributed by atoms with Crippen molar-refractivity contribution in [1.82, 2.24) is 15.3 Å². The molecule has 0 unspecified atom stereocenters. The third-order valence-electron chi connectivity index (χ3n) is 4.42. The number of hydrogen-bond donors (Lipinski definition) is 1. The second-order valence-electron chi connectivity index (χ2n) is 6.43. The van der Waals surface area contributed by atoms with Gasteiger partial charge in [0.2, 0.25) is 0 Å². The van der Waals surface area contributed by atoms with Crippen LogP contribution in [0.3, 0.4) is 0 Å². The first-order chi connectivity index (χ1) is 13.6. The Morgan fingerprint density at radius 2 is 2.21 bits per heavy atom. The molecule has 148 valence electrons. The molecular formula is C18H19FN4O3S2. The average Bonchev–Trinajstić information content (AvgIpc) is 3.35. The van der Waals surface area contributed by atoms with Crippen LogP contribution in [0, 0.1) is 5.82 Å². The number of hydrogen-bond acceptors (Lipinski definition) is 7. The van der Waals surface area contributed by atoms with Crippen LogP contribution in [0.1, 0.15) is 18.4 Å². The van der Waals surface area contributed by atoms with Crippen molar-refractivity contribution in [2.45, 2.75) is 12.8 Å². The van der Waals surface area contributed by atoms with Gasteiger partial charge < -0.3 is 4.74 Å². The van der Waals surface area contributed by atoms with Gasteiger partial charge in [-0.25, -0.2) is 14.6 Å². The van der Waals surface area contributed by atoms with Gasteiger partial charge in [-0.15, -0.1) is 11.8 Å². The van der Waals surface area contributed by atoms with Gasteiger partial charge in [0, 0.05) is 37.0 Å². The van der Waals surface area contributed by atoms with Crippen molar-refractivity contribution in [2.24, 2.45) is 4.99 Å². The molecule has 2 amide bonds. The van der Waals surface area contributed by atoms with Gasteiger partial charge in [-0.3, -0.25) is 14.7 Å². The van der Waals surface area contributed by atoms with E-state index in [9.17, 15) is 14.0 Å². The highest BCUT2D eigenvalue weighted by Crippen LogP contribution is 2.33. The monoisotopic (exact) mass is 422 g/mol. The smallest absolute Gasteiger partial charge is 0.409 e. The SMILES string of the molecule is O=C1N=C(N2CCCCN2)SC1=Cc1ccc(F)cc1OC(=O)N1CCSC1. The van der Waals surface area contributed by atoms with Crippen molar-refractivity contribution >= 4 is 46.8 Å². The number of amides is 2. The van der Waals surface area contributed by atoms with Crippen molar-refractivity contribution in [3.63, 3.8) is 0 Å². The summed E-state index contributed by atoms with van der Waals surface area (Å²) in [5, 5.41) is 2.48. The lowest BCUT2D eigenvalue weighted by Crippen LogP contribution is -2.45. The summed E-state index contributed by atoms with van der Waals surface area (Å²) < 4.78 is 19.1. The Balaban J connectivity index is 1.52. The van der Waals surface area contributed by atoms with E-state index in [1.54, 1.807) is 22.7 Å². The maximum Gasteiger partial charge on any atom is 0.415 e. The Bertz CT molecular complexity index is 849. The lowest BCUT2D eigenvalue weighted by atomic mass is 10.2. The predicted molar refractivity (Wildman–Crippen MR) is 108 cm³/mol. The van der Waals surface area contributed by atoms with Crippen LogP contribution in [0.25, 0.3) is 6.08 Å². The molecule has 3 heterocycles. The highest BCUT2D eigenvalue weighted by molar-refractivity contribution is 8.18. The zero-order chi connectivity index (χ0) is 19.5. The zero-order valence-corrected chi connectivity index (χ0v) is 16.7. The fourth-order valence-corrected chi connectivity index (χ4v) is 4.78. The second-order valence-corrected chi connectivity index (χ2v) is 8.51. The summed E-state index contributed by atoms with van der Waals surface area (Å²) in [5.41, 5.74) is 3.68. The molecule has 3 aliphatic rings. The quantitative estimate of drug-likeness (QED) is 0.735. The summed E-state index contributed by atoms with van der Waals surface area (Å²) in [7, 11) is 0. The minimum Gasteiger partial charge on any atom is -0.409 e. The van der Waals surface area contributed by atoms with E-state index in [1.165, 1.54) is 23.9 Å². The number of halogens is 1. The Morgan fingerprint density at radius 3 is 2.96 bits per heavy atom. The van der Waals surface area contributed by atoms with Gasteiger partial charge in [0.05, 0.1) is 10.8 Å². The third kappa shape index (κ3) is 4.34. The molecule has 28 heavy (non-hydrogen) atoms. The van der Waals surface area contributed by atoms with Gasteiger partial charge in [-0.2, -0.15) is 4.99 Å². The van der Waals surface area contributed by atoms with Gasteiger partial charge in [-0.1, -0.05) is 0 Å². The number of thioether (sulfide) groups is 2. The highest BCUT2D eigenvalue weighted by atomic mass is 32.2. The maximum atomic E-state index is 13.7. The molecule has 0 spiro atoms. The number of rotatable bonds is 2. The van der Waals surface area contributed by atoms with E-state index in [0.717, 1.165) is 37.8 Å². The summed E-state index contributed by atoms with van der Waals surface area (Å²) >= 11 is 2.89. The van der Waals surface area contributed by atoms with Gasteiger partial charge in [-0.05, 0) is 42.8 Å². The molecule has 4 rings (SSSR count). The van der Waals surface area contributed by atoms with E-state index >= 15 is 0 Å². The normalized spacial score (nSPS) is 21.4. The molecule has 10 heteroatoms. The maximum absolute atomic E-state index is 13.7. The van der Waals surface area contributed by atoms with Crippen LogP contribution < -0.4 is 10.2 Å². The van der Waals surface area contributed by atoms with E-state index in [0.29, 0.717) is 28.1 Å². The lowest BCUT2D eigenvalue weighted by molar-refractivity contribution is -0.113. The van der Waals surface area contributed by atoms with Crippen LogP contribution in [0.4, 0.5) is 9.18 Å². The van der Waals surface area contributed by atoms with Crippen molar-refractivity contribution in [2.75, 3.05) is 31.3 Å². The number of aliphatic imine (C=N–C) groups is 1. The number of amidine groups is 1. The van der Waals surface area contributed by atoms with Crippen molar-refractivity contribution in [1.29, 1.82) is 0 Å².